The average molecular weight is 452 g/mol. The lowest BCUT2D eigenvalue weighted by Gasteiger charge is -2.36. The smallest absolute Gasteiger partial charge is 0.140 e. The first kappa shape index (κ1) is 25.3. The SMILES string of the molecule is Cc1cc2occc2c(N2CCN(CC[C@H]3CC[C@H](N)CC3)CC2)n1.Cl.Cl.Cl. The van der Waals surface area contributed by atoms with Gasteiger partial charge < -0.3 is 15.1 Å². The number of furan rings is 1. The lowest BCUT2D eigenvalue weighted by Crippen LogP contribution is -2.47. The Bertz CT molecular complexity index is 711. The number of nitrogens with two attached hydrogens (primary N) is 1. The Balaban J connectivity index is 0.00000131. The van der Waals surface area contributed by atoms with E-state index in [1.54, 1.807) is 6.26 Å². The Morgan fingerprint density at radius 3 is 2.43 bits per heavy atom. The van der Waals surface area contributed by atoms with Gasteiger partial charge >= 0.3 is 0 Å². The normalized spacial score (nSPS) is 22.9. The summed E-state index contributed by atoms with van der Waals surface area (Å²) in [7, 11) is 0. The molecule has 1 saturated heterocycles. The van der Waals surface area contributed by atoms with Gasteiger partial charge in [-0.15, -0.1) is 37.2 Å². The van der Waals surface area contributed by atoms with Crippen LogP contribution in [0.15, 0.2) is 22.8 Å². The van der Waals surface area contributed by atoms with Gasteiger partial charge in [0.2, 0.25) is 0 Å². The molecule has 8 heteroatoms. The molecular weight excluding hydrogens is 419 g/mol. The average Bonchev–Trinajstić information content (AvgIpc) is 3.09. The topological polar surface area (TPSA) is 58.5 Å². The number of anilines is 1. The van der Waals surface area contributed by atoms with Gasteiger partial charge in [-0.1, -0.05) is 0 Å². The minimum atomic E-state index is 0. The molecule has 2 aliphatic rings. The highest BCUT2D eigenvalue weighted by Gasteiger charge is 2.23. The van der Waals surface area contributed by atoms with Crippen molar-refractivity contribution in [3.63, 3.8) is 0 Å². The first-order chi connectivity index (χ1) is 12.2. The van der Waals surface area contributed by atoms with Crippen LogP contribution in [0, 0.1) is 12.8 Å². The highest BCUT2D eigenvalue weighted by molar-refractivity contribution is 5.89. The van der Waals surface area contributed by atoms with Crippen LogP contribution in [-0.4, -0.2) is 48.6 Å². The summed E-state index contributed by atoms with van der Waals surface area (Å²) in [5.74, 6) is 1.98. The minimum absolute atomic E-state index is 0. The Labute approximate surface area is 186 Å². The summed E-state index contributed by atoms with van der Waals surface area (Å²) in [5.41, 5.74) is 7.99. The van der Waals surface area contributed by atoms with E-state index in [-0.39, 0.29) is 37.2 Å². The number of rotatable bonds is 4. The standard InChI is InChI=1S/C20H30N4O.3ClH/c1-15-14-19-18(7-13-25-19)20(22-15)24-11-9-23(10-12-24)8-6-16-2-4-17(21)5-3-16;;;/h7,13-14,16-17H,2-6,8-12,21H2,1H3;3*1H/t16-,17-;;;. The van der Waals surface area contributed by atoms with E-state index >= 15 is 0 Å². The maximum Gasteiger partial charge on any atom is 0.140 e. The molecule has 3 heterocycles. The summed E-state index contributed by atoms with van der Waals surface area (Å²) >= 11 is 0. The van der Waals surface area contributed by atoms with Crippen LogP contribution in [0.4, 0.5) is 5.82 Å². The van der Waals surface area contributed by atoms with E-state index in [4.69, 9.17) is 15.1 Å². The molecule has 0 bridgehead atoms. The van der Waals surface area contributed by atoms with Crippen molar-refractivity contribution in [1.29, 1.82) is 0 Å². The second-order valence-corrected chi connectivity index (χ2v) is 7.82. The number of hydrogen-bond acceptors (Lipinski definition) is 5. The monoisotopic (exact) mass is 450 g/mol. The van der Waals surface area contributed by atoms with Crippen LogP contribution in [0.2, 0.25) is 0 Å². The summed E-state index contributed by atoms with van der Waals surface area (Å²) in [6.45, 7) is 7.62. The maximum absolute atomic E-state index is 6.02. The fourth-order valence-electron chi connectivity index (χ4n) is 4.33. The molecule has 2 aromatic rings. The van der Waals surface area contributed by atoms with Gasteiger partial charge in [-0.2, -0.15) is 0 Å². The molecular formula is C20H33Cl3N4O. The lowest BCUT2D eigenvalue weighted by molar-refractivity contribution is 0.216. The molecule has 2 aromatic heterocycles. The van der Waals surface area contributed by atoms with Gasteiger partial charge in [0.15, 0.2) is 0 Å². The van der Waals surface area contributed by atoms with E-state index in [0.29, 0.717) is 6.04 Å². The van der Waals surface area contributed by atoms with Gasteiger partial charge in [0, 0.05) is 44.0 Å². The molecule has 0 spiro atoms. The van der Waals surface area contributed by atoms with Crippen molar-refractivity contribution >= 4 is 54.0 Å². The summed E-state index contributed by atoms with van der Waals surface area (Å²) in [5, 5.41) is 1.14. The Morgan fingerprint density at radius 2 is 1.75 bits per heavy atom. The van der Waals surface area contributed by atoms with E-state index < -0.39 is 0 Å². The van der Waals surface area contributed by atoms with Crippen LogP contribution < -0.4 is 10.6 Å². The van der Waals surface area contributed by atoms with E-state index in [1.165, 1.54) is 38.6 Å². The van der Waals surface area contributed by atoms with Gasteiger partial charge in [0.25, 0.3) is 0 Å². The van der Waals surface area contributed by atoms with Gasteiger partial charge in [0.1, 0.15) is 11.4 Å². The largest absolute Gasteiger partial charge is 0.464 e. The van der Waals surface area contributed by atoms with Gasteiger partial charge in [-0.05, 0) is 57.6 Å². The van der Waals surface area contributed by atoms with Gasteiger partial charge in [0.05, 0.1) is 11.6 Å². The predicted octanol–water partition coefficient (Wildman–Crippen LogP) is 4.43. The molecule has 1 aliphatic heterocycles. The molecule has 4 rings (SSSR count). The van der Waals surface area contributed by atoms with Crippen molar-refractivity contribution in [3.8, 4) is 0 Å². The zero-order valence-electron chi connectivity index (χ0n) is 16.5. The third kappa shape index (κ3) is 5.90. The van der Waals surface area contributed by atoms with E-state index in [0.717, 1.165) is 54.6 Å². The zero-order chi connectivity index (χ0) is 17.2. The number of aromatic nitrogens is 1. The predicted molar refractivity (Wildman–Crippen MR) is 124 cm³/mol. The molecule has 1 aliphatic carbocycles. The third-order valence-electron chi connectivity index (χ3n) is 5.98. The second-order valence-electron chi connectivity index (χ2n) is 7.82. The molecule has 0 amide bonds. The molecule has 2 N–H and O–H groups in total. The molecule has 1 saturated carbocycles. The number of fused-ring (bicyclic) bond motifs is 1. The first-order valence-corrected chi connectivity index (χ1v) is 9.77. The molecule has 0 aromatic carbocycles. The molecule has 2 fully saturated rings. The van der Waals surface area contributed by atoms with Crippen molar-refractivity contribution in [1.82, 2.24) is 9.88 Å². The number of aryl methyl sites for hydroxylation is 1. The van der Waals surface area contributed by atoms with Crippen molar-refractivity contribution < 1.29 is 4.42 Å². The molecule has 0 atom stereocenters. The number of nitrogens with zero attached hydrogens (tertiary/aromatic N) is 3. The van der Waals surface area contributed by atoms with Crippen LogP contribution in [-0.2, 0) is 0 Å². The van der Waals surface area contributed by atoms with Crippen molar-refractivity contribution in [2.75, 3.05) is 37.6 Å². The number of pyridine rings is 1. The maximum atomic E-state index is 6.02. The summed E-state index contributed by atoms with van der Waals surface area (Å²) in [6, 6.07) is 4.52. The number of piperazine rings is 1. The third-order valence-corrected chi connectivity index (χ3v) is 5.98. The molecule has 0 unspecified atom stereocenters. The van der Waals surface area contributed by atoms with Crippen LogP contribution in [0.3, 0.4) is 0 Å². The van der Waals surface area contributed by atoms with Crippen LogP contribution in [0.5, 0.6) is 0 Å². The van der Waals surface area contributed by atoms with Gasteiger partial charge in [-0.3, -0.25) is 4.90 Å². The van der Waals surface area contributed by atoms with Crippen molar-refractivity contribution in [3.05, 3.63) is 24.1 Å². The highest BCUT2D eigenvalue weighted by atomic mass is 35.5. The molecule has 0 radical (unpaired) electrons. The fourth-order valence-corrected chi connectivity index (χ4v) is 4.33. The van der Waals surface area contributed by atoms with Crippen LogP contribution >= 0.6 is 37.2 Å². The molecule has 160 valence electrons. The molecule has 5 nitrogen and oxygen atoms in total. The summed E-state index contributed by atoms with van der Waals surface area (Å²) in [6.07, 6.45) is 8.19. The second kappa shape index (κ2) is 11.5. The van der Waals surface area contributed by atoms with Gasteiger partial charge in [-0.25, -0.2) is 4.98 Å². The number of hydrogen-bond donors (Lipinski definition) is 1. The lowest BCUT2D eigenvalue weighted by atomic mass is 9.84. The van der Waals surface area contributed by atoms with Crippen molar-refractivity contribution in [2.24, 2.45) is 11.7 Å². The fraction of sp³-hybridized carbons (Fsp3) is 0.650. The summed E-state index contributed by atoms with van der Waals surface area (Å²) in [4.78, 5) is 9.82. The zero-order valence-corrected chi connectivity index (χ0v) is 19.0. The quantitative estimate of drug-likeness (QED) is 0.745. The Morgan fingerprint density at radius 1 is 1.07 bits per heavy atom. The first-order valence-electron chi connectivity index (χ1n) is 9.77. The van der Waals surface area contributed by atoms with E-state index in [2.05, 4.69) is 9.80 Å². The van der Waals surface area contributed by atoms with Crippen LogP contribution in [0.25, 0.3) is 11.0 Å². The molecule has 28 heavy (non-hydrogen) atoms. The summed E-state index contributed by atoms with van der Waals surface area (Å²) < 4.78 is 5.58. The van der Waals surface area contributed by atoms with E-state index in [1.807, 2.05) is 19.1 Å². The minimum Gasteiger partial charge on any atom is -0.464 e. The Kier molecular flexibility index (Phi) is 10.4. The van der Waals surface area contributed by atoms with E-state index in [9.17, 15) is 0 Å². The highest BCUT2D eigenvalue weighted by Crippen LogP contribution is 2.28. The van der Waals surface area contributed by atoms with Crippen molar-refractivity contribution in [2.45, 2.75) is 45.1 Å². The Hall–Kier alpha value is -0.720. The van der Waals surface area contributed by atoms with Crippen LogP contribution in [0.1, 0.15) is 37.8 Å². The number of halogens is 3.